The van der Waals surface area contributed by atoms with Gasteiger partial charge in [0.1, 0.15) is 5.75 Å². The van der Waals surface area contributed by atoms with Crippen molar-refractivity contribution in [1.29, 1.82) is 0 Å². The maximum Gasteiger partial charge on any atom is 0.445 e. The summed E-state index contributed by atoms with van der Waals surface area (Å²) < 4.78 is 8.81. The molecule has 28 heavy (non-hydrogen) atoms. The number of amides is 3. The molecule has 0 bridgehead atoms. The number of anilines is 1. The Morgan fingerprint density at radius 2 is 1.86 bits per heavy atom. The molecule has 1 aromatic heterocycles. The Kier molecular flexibility index (Phi) is 4.17. The van der Waals surface area contributed by atoms with Gasteiger partial charge in [-0.2, -0.15) is 9.47 Å². The standard InChI is InChI=1S/C19H23N6O3/c1-6-28-13-9-7-12(8-10-13)15-20-21-18-24(11(2)3)14-16(25(15)18)22(4)19(27)23(5)17(14)26/h7-11,14H,6H2,1-5H3/q+1. The van der Waals surface area contributed by atoms with Gasteiger partial charge in [-0.05, 0) is 45.0 Å². The van der Waals surface area contributed by atoms with Crippen molar-refractivity contribution in [1.82, 2.24) is 19.7 Å². The van der Waals surface area contributed by atoms with Crippen LogP contribution in [0.3, 0.4) is 0 Å². The minimum atomic E-state index is -0.611. The number of aromatic nitrogens is 3. The summed E-state index contributed by atoms with van der Waals surface area (Å²) in [7, 11) is 3.17. The zero-order valence-corrected chi connectivity index (χ0v) is 16.6. The summed E-state index contributed by atoms with van der Waals surface area (Å²) in [6, 6.07) is 6.54. The second-order valence-electron chi connectivity index (χ2n) is 7.12. The van der Waals surface area contributed by atoms with Crippen molar-refractivity contribution >= 4 is 23.7 Å². The first-order valence-electron chi connectivity index (χ1n) is 9.26. The molecule has 0 aliphatic carbocycles. The van der Waals surface area contributed by atoms with E-state index in [1.54, 1.807) is 7.05 Å². The molecule has 1 atom stereocenters. The topological polar surface area (TPSA) is 83.6 Å². The maximum absolute atomic E-state index is 12.9. The maximum atomic E-state index is 12.9. The van der Waals surface area contributed by atoms with Crippen molar-refractivity contribution in [3.8, 4) is 17.1 Å². The predicted molar refractivity (Wildman–Crippen MR) is 103 cm³/mol. The Morgan fingerprint density at radius 3 is 2.46 bits per heavy atom. The van der Waals surface area contributed by atoms with E-state index in [-0.39, 0.29) is 18.0 Å². The molecule has 9 nitrogen and oxygen atoms in total. The summed E-state index contributed by atoms with van der Waals surface area (Å²) in [5.41, 5.74) is 0.825. The molecule has 3 amide bonds. The number of ether oxygens (including phenoxy) is 1. The number of fused-ring (bicyclic) bond motifs is 3. The number of carbonyl (C=O) groups is 2. The van der Waals surface area contributed by atoms with Crippen molar-refractivity contribution in [2.45, 2.75) is 32.9 Å². The van der Waals surface area contributed by atoms with Gasteiger partial charge in [0, 0.05) is 11.6 Å². The van der Waals surface area contributed by atoms with Crippen LogP contribution in [0.25, 0.3) is 11.4 Å². The number of imide groups is 1. The highest BCUT2D eigenvalue weighted by Gasteiger charge is 2.56. The van der Waals surface area contributed by atoms with Crippen molar-refractivity contribution in [3.63, 3.8) is 0 Å². The highest BCUT2D eigenvalue weighted by atomic mass is 16.5. The second kappa shape index (κ2) is 6.43. The Bertz CT molecular complexity index is 992. The molecule has 1 unspecified atom stereocenters. The molecule has 1 aromatic carbocycles. The molecule has 2 aliphatic rings. The van der Waals surface area contributed by atoms with E-state index >= 15 is 0 Å². The van der Waals surface area contributed by atoms with Crippen LogP contribution < -0.4 is 9.64 Å². The highest BCUT2D eigenvalue weighted by molar-refractivity contribution is 6.19. The molecule has 0 fully saturated rings. The zero-order valence-electron chi connectivity index (χ0n) is 16.6. The first kappa shape index (κ1) is 18.1. The van der Waals surface area contributed by atoms with Crippen molar-refractivity contribution < 1.29 is 18.9 Å². The average Bonchev–Trinajstić information content (AvgIpc) is 3.23. The monoisotopic (exact) mass is 383 g/mol. The van der Waals surface area contributed by atoms with E-state index < -0.39 is 6.04 Å². The normalized spacial score (nSPS) is 18.9. The van der Waals surface area contributed by atoms with Gasteiger partial charge in [-0.3, -0.25) is 4.79 Å². The summed E-state index contributed by atoms with van der Waals surface area (Å²) in [6.07, 6.45) is 0. The fraction of sp³-hybridized carbons (Fsp3) is 0.421. The molecule has 9 heteroatoms. The van der Waals surface area contributed by atoms with Gasteiger partial charge >= 0.3 is 11.9 Å². The Hall–Kier alpha value is -3.23. The third kappa shape index (κ3) is 2.42. The van der Waals surface area contributed by atoms with Gasteiger partial charge in [-0.25, -0.2) is 9.37 Å². The van der Waals surface area contributed by atoms with Crippen LogP contribution in [0.15, 0.2) is 24.3 Å². The second-order valence-corrected chi connectivity index (χ2v) is 7.12. The molecule has 146 valence electrons. The van der Waals surface area contributed by atoms with Gasteiger partial charge in [-0.15, -0.1) is 5.10 Å². The first-order chi connectivity index (χ1) is 13.4. The van der Waals surface area contributed by atoms with Crippen LogP contribution in [0.5, 0.6) is 5.75 Å². The van der Waals surface area contributed by atoms with Gasteiger partial charge in [0.25, 0.3) is 5.95 Å². The number of nitrogens with zero attached hydrogens (tertiary/aromatic N) is 6. The SMILES string of the molecule is CCOc1ccc(-c2nnc3n2C2=[N+](C)C(=O)N(C)C(=O)C2N3C(C)C)cc1. The van der Waals surface area contributed by atoms with Gasteiger partial charge in [-0.1, -0.05) is 5.10 Å². The Balaban J connectivity index is 1.90. The third-order valence-corrected chi connectivity index (χ3v) is 5.09. The molecule has 0 saturated carbocycles. The van der Waals surface area contributed by atoms with E-state index in [0.717, 1.165) is 16.2 Å². The molecular weight excluding hydrogens is 360 g/mol. The molecule has 0 spiro atoms. The average molecular weight is 383 g/mol. The Morgan fingerprint density at radius 1 is 1.18 bits per heavy atom. The van der Waals surface area contributed by atoms with Crippen LogP contribution in [-0.4, -0.2) is 74.8 Å². The van der Waals surface area contributed by atoms with Crippen LogP contribution in [0.2, 0.25) is 0 Å². The lowest BCUT2D eigenvalue weighted by Gasteiger charge is -2.29. The smallest absolute Gasteiger partial charge is 0.445 e. The van der Waals surface area contributed by atoms with Gasteiger partial charge in [0.05, 0.1) is 20.7 Å². The van der Waals surface area contributed by atoms with E-state index in [0.29, 0.717) is 24.2 Å². The summed E-state index contributed by atoms with van der Waals surface area (Å²) in [5.74, 6) is 2.20. The quantitative estimate of drug-likeness (QED) is 0.743. The van der Waals surface area contributed by atoms with E-state index in [4.69, 9.17) is 4.74 Å². The summed E-state index contributed by atoms with van der Waals surface area (Å²) >= 11 is 0. The minimum absolute atomic E-state index is 0.00224. The molecule has 2 aromatic rings. The number of likely N-dealkylation sites (N-methyl/N-ethyl adjacent to an activating group) is 1. The largest absolute Gasteiger partial charge is 0.494 e. The van der Waals surface area contributed by atoms with E-state index in [2.05, 4.69) is 10.2 Å². The lowest BCUT2D eigenvalue weighted by atomic mass is 10.1. The van der Waals surface area contributed by atoms with E-state index in [1.165, 1.54) is 11.6 Å². The fourth-order valence-corrected chi connectivity index (χ4v) is 3.76. The lowest BCUT2D eigenvalue weighted by molar-refractivity contribution is -0.407. The number of urea groups is 1. The number of hydrogen-bond acceptors (Lipinski definition) is 6. The Labute approximate surface area is 162 Å². The van der Waals surface area contributed by atoms with E-state index in [1.807, 2.05) is 54.5 Å². The van der Waals surface area contributed by atoms with E-state index in [9.17, 15) is 9.59 Å². The van der Waals surface area contributed by atoms with Crippen molar-refractivity contribution in [2.24, 2.45) is 0 Å². The zero-order chi connectivity index (χ0) is 20.2. The molecule has 4 rings (SSSR count). The van der Waals surface area contributed by atoms with Crippen LogP contribution >= 0.6 is 0 Å². The van der Waals surface area contributed by atoms with Crippen molar-refractivity contribution in [2.75, 3.05) is 25.6 Å². The van der Waals surface area contributed by atoms with Gasteiger partial charge in [0.2, 0.25) is 17.7 Å². The fourth-order valence-electron chi connectivity index (χ4n) is 3.76. The number of benzene rings is 1. The molecule has 0 radical (unpaired) electrons. The summed E-state index contributed by atoms with van der Waals surface area (Å²) in [5, 5.41) is 8.71. The molecule has 2 aliphatic heterocycles. The van der Waals surface area contributed by atoms with Gasteiger partial charge < -0.3 is 9.64 Å². The number of hydrogen-bond donors (Lipinski definition) is 0. The minimum Gasteiger partial charge on any atom is -0.494 e. The predicted octanol–water partition coefficient (Wildman–Crippen LogP) is 1.42. The van der Waals surface area contributed by atoms with Crippen LogP contribution in [-0.2, 0) is 4.79 Å². The lowest BCUT2D eigenvalue weighted by Crippen LogP contribution is -2.60. The van der Waals surface area contributed by atoms with Crippen molar-refractivity contribution in [3.05, 3.63) is 24.3 Å². The number of rotatable bonds is 4. The van der Waals surface area contributed by atoms with Crippen LogP contribution in [0, 0.1) is 0 Å². The summed E-state index contributed by atoms with van der Waals surface area (Å²) in [6.45, 7) is 6.50. The highest BCUT2D eigenvalue weighted by Crippen LogP contribution is 2.34. The van der Waals surface area contributed by atoms with Crippen LogP contribution in [0.4, 0.5) is 10.7 Å². The van der Waals surface area contributed by atoms with Gasteiger partial charge in [0.15, 0.2) is 0 Å². The molecule has 0 saturated heterocycles. The first-order valence-corrected chi connectivity index (χ1v) is 9.26. The third-order valence-electron chi connectivity index (χ3n) is 5.09. The molecular formula is C19H23N6O3+. The number of carbonyl (C=O) groups excluding carboxylic acids is 2. The van der Waals surface area contributed by atoms with Crippen LogP contribution in [0.1, 0.15) is 20.8 Å². The molecule has 0 N–H and O–H groups in total. The molecule has 3 heterocycles. The summed E-state index contributed by atoms with van der Waals surface area (Å²) in [4.78, 5) is 28.6.